The largest absolute Gasteiger partial charge is 0.517 e. The normalized spacial score (nSPS) is 14.1. The summed E-state index contributed by atoms with van der Waals surface area (Å²) in [5.74, 6) is 0.957. The van der Waals surface area contributed by atoms with Crippen molar-refractivity contribution in [2.24, 2.45) is 5.73 Å². The van der Waals surface area contributed by atoms with E-state index in [0.29, 0.717) is 0 Å². The Bertz CT molecular complexity index is 162. The molecular weight excluding hydrogens is 242 g/mol. The Morgan fingerprint density at radius 2 is 1.50 bits per heavy atom. The van der Waals surface area contributed by atoms with E-state index in [4.69, 9.17) is 19.0 Å². The van der Waals surface area contributed by atoms with Gasteiger partial charge in [-0.25, -0.2) is 0 Å². The van der Waals surface area contributed by atoms with Crippen LogP contribution in [0.5, 0.6) is 0 Å². The van der Waals surface area contributed by atoms with Gasteiger partial charge in [0.1, 0.15) is 0 Å². The van der Waals surface area contributed by atoms with Crippen LogP contribution in [0.3, 0.4) is 0 Å². The first kappa shape index (κ1) is 16.4. The molecule has 98 valence electrons. The van der Waals surface area contributed by atoms with Crippen LogP contribution in [0, 0.1) is 0 Å². The summed E-state index contributed by atoms with van der Waals surface area (Å²) in [7, 11) is 2.17. The van der Waals surface area contributed by atoms with Crippen LogP contribution < -0.4 is 5.73 Å². The summed E-state index contributed by atoms with van der Waals surface area (Å²) in [6, 6.07) is 0. The van der Waals surface area contributed by atoms with Crippen molar-refractivity contribution in [1.29, 1.82) is 0 Å². The Balaban J connectivity index is 3.88. The molecule has 0 aromatic carbocycles. The lowest BCUT2D eigenvalue weighted by Gasteiger charge is -2.29. The summed E-state index contributed by atoms with van der Waals surface area (Å²) in [6.45, 7) is 0. The molecule has 2 N–H and O–H groups in total. The minimum atomic E-state index is -2.63. The summed E-state index contributed by atoms with van der Waals surface area (Å²) in [5.41, 5.74) is 5.94. The molecule has 0 saturated heterocycles. The molecule has 0 amide bonds. The van der Waals surface area contributed by atoms with Gasteiger partial charge in [0.25, 0.3) is 0 Å². The van der Waals surface area contributed by atoms with E-state index >= 15 is 0 Å². The summed E-state index contributed by atoms with van der Waals surface area (Å²) in [5, 5.41) is 0. The first-order valence-electron chi connectivity index (χ1n) is 5.68. The van der Waals surface area contributed by atoms with Crippen LogP contribution in [-0.4, -0.2) is 41.6 Å². The average Bonchev–Trinajstić information content (AvgIpc) is 2.32. The maximum atomic E-state index is 6.07. The molecule has 0 heterocycles. The van der Waals surface area contributed by atoms with Gasteiger partial charge in [0.15, 0.2) is 0 Å². The number of hydrogen-bond acceptors (Lipinski definition) is 5. The van der Waals surface area contributed by atoms with E-state index in [1.807, 2.05) is 0 Å². The van der Waals surface area contributed by atoms with Gasteiger partial charge in [-0.3, -0.25) is 0 Å². The highest BCUT2D eigenvalue weighted by Gasteiger charge is 2.44. The minimum absolute atomic E-state index is 0.136. The third-order valence-corrected chi connectivity index (χ3v) is 5.95. The van der Waals surface area contributed by atoms with E-state index < -0.39 is 8.80 Å². The Hall–Kier alpha value is 0.407. The minimum Gasteiger partial charge on any atom is -0.376 e. The second kappa shape index (κ2) is 9.44. The van der Waals surface area contributed by atoms with Gasteiger partial charge in [-0.15, -0.1) is 0 Å². The molecule has 1 unspecified atom stereocenters. The van der Waals surface area contributed by atoms with Crippen LogP contribution in [0.1, 0.15) is 32.1 Å². The van der Waals surface area contributed by atoms with Crippen molar-refractivity contribution in [2.75, 3.05) is 27.1 Å². The quantitative estimate of drug-likeness (QED) is 0.359. The molecule has 16 heavy (non-hydrogen) atoms. The molecule has 0 spiro atoms. The van der Waals surface area contributed by atoms with E-state index in [1.165, 1.54) is 19.3 Å². The highest BCUT2D eigenvalue weighted by atomic mass is 32.1. The standard InChI is InChI=1S/C10H25NO3SSi/c1-12-16(13-2,14-3)10(11)8-6-4-5-7-9-15/h10,15H,4-9,11H2,1-3H3. The molecule has 0 bridgehead atoms. The van der Waals surface area contributed by atoms with Gasteiger partial charge >= 0.3 is 8.80 Å². The second-order valence-electron chi connectivity index (χ2n) is 3.75. The van der Waals surface area contributed by atoms with Crippen LogP contribution in [0.15, 0.2) is 0 Å². The van der Waals surface area contributed by atoms with Gasteiger partial charge < -0.3 is 19.0 Å². The molecule has 0 aliphatic rings. The number of nitrogens with two attached hydrogens (primary N) is 1. The molecule has 0 fully saturated rings. The van der Waals surface area contributed by atoms with Gasteiger partial charge in [-0.05, 0) is 18.6 Å². The van der Waals surface area contributed by atoms with Crippen LogP contribution in [-0.2, 0) is 13.3 Å². The van der Waals surface area contributed by atoms with E-state index in [1.54, 1.807) is 21.3 Å². The topological polar surface area (TPSA) is 53.7 Å². The highest BCUT2D eigenvalue weighted by Crippen LogP contribution is 2.16. The van der Waals surface area contributed by atoms with Crippen molar-refractivity contribution >= 4 is 21.4 Å². The summed E-state index contributed by atoms with van der Waals surface area (Å²) >= 11 is 4.18. The van der Waals surface area contributed by atoms with Gasteiger partial charge in [0, 0.05) is 21.3 Å². The van der Waals surface area contributed by atoms with Gasteiger partial charge in [-0.1, -0.05) is 19.3 Å². The summed E-state index contributed by atoms with van der Waals surface area (Å²) in [4.78, 5) is 0. The second-order valence-corrected chi connectivity index (χ2v) is 7.37. The van der Waals surface area contributed by atoms with E-state index in [9.17, 15) is 0 Å². The predicted molar refractivity (Wildman–Crippen MR) is 71.7 cm³/mol. The molecule has 0 aromatic heterocycles. The molecule has 4 nitrogen and oxygen atoms in total. The molecule has 0 saturated carbocycles. The number of rotatable bonds is 10. The van der Waals surface area contributed by atoms with Gasteiger partial charge in [0.2, 0.25) is 0 Å². The SMILES string of the molecule is CO[Si](OC)(OC)C(N)CCCCCCS. The molecule has 1 atom stereocenters. The highest BCUT2D eigenvalue weighted by molar-refractivity contribution is 7.80. The number of hydrogen-bond donors (Lipinski definition) is 2. The smallest absolute Gasteiger partial charge is 0.376 e. The third-order valence-electron chi connectivity index (χ3n) is 2.73. The zero-order valence-electron chi connectivity index (χ0n) is 10.6. The Labute approximate surface area is 106 Å². The first-order chi connectivity index (χ1) is 7.66. The lowest BCUT2D eigenvalue weighted by Crippen LogP contribution is -2.58. The monoisotopic (exact) mass is 267 g/mol. The Morgan fingerprint density at radius 3 is 1.94 bits per heavy atom. The summed E-state index contributed by atoms with van der Waals surface area (Å²) in [6.07, 6.45) is 5.52. The van der Waals surface area contributed by atoms with Crippen LogP contribution >= 0.6 is 12.6 Å². The lowest BCUT2D eigenvalue weighted by molar-refractivity contribution is 0.111. The summed E-state index contributed by atoms with van der Waals surface area (Å²) < 4.78 is 16.0. The molecule has 0 aliphatic carbocycles. The fourth-order valence-corrected chi connectivity index (χ4v) is 3.90. The van der Waals surface area contributed by atoms with E-state index in [-0.39, 0.29) is 5.67 Å². The Morgan fingerprint density at radius 1 is 1.00 bits per heavy atom. The zero-order valence-corrected chi connectivity index (χ0v) is 12.5. The average molecular weight is 267 g/mol. The lowest BCUT2D eigenvalue weighted by atomic mass is 10.1. The number of thiol groups is 1. The van der Waals surface area contributed by atoms with Crippen LogP contribution in [0.4, 0.5) is 0 Å². The predicted octanol–water partition coefficient (Wildman–Crippen LogP) is 1.61. The maximum Gasteiger partial charge on any atom is 0.517 e. The maximum absolute atomic E-state index is 6.07. The van der Waals surface area contributed by atoms with Crippen LogP contribution in [0.25, 0.3) is 0 Å². The molecule has 0 radical (unpaired) electrons. The van der Waals surface area contributed by atoms with E-state index in [0.717, 1.165) is 18.6 Å². The van der Waals surface area contributed by atoms with Crippen LogP contribution in [0.2, 0.25) is 0 Å². The van der Waals surface area contributed by atoms with Crippen molar-refractivity contribution in [3.63, 3.8) is 0 Å². The zero-order chi connectivity index (χ0) is 12.4. The fourth-order valence-electron chi connectivity index (χ4n) is 1.71. The van der Waals surface area contributed by atoms with Crippen molar-refractivity contribution in [3.05, 3.63) is 0 Å². The Kier molecular flexibility index (Phi) is 9.68. The molecule has 6 heteroatoms. The molecule has 0 rings (SSSR count). The van der Waals surface area contributed by atoms with Gasteiger partial charge in [0.05, 0.1) is 5.67 Å². The van der Waals surface area contributed by atoms with Crippen molar-refractivity contribution in [3.8, 4) is 0 Å². The fraction of sp³-hybridized carbons (Fsp3) is 1.00. The van der Waals surface area contributed by atoms with Crippen molar-refractivity contribution in [1.82, 2.24) is 0 Å². The van der Waals surface area contributed by atoms with Crippen molar-refractivity contribution in [2.45, 2.75) is 37.8 Å². The van der Waals surface area contributed by atoms with E-state index in [2.05, 4.69) is 12.6 Å². The first-order valence-corrected chi connectivity index (χ1v) is 8.12. The molecular formula is C10H25NO3SSi. The molecule has 0 aliphatic heterocycles. The molecule has 0 aromatic rings. The van der Waals surface area contributed by atoms with Gasteiger partial charge in [-0.2, -0.15) is 12.6 Å². The van der Waals surface area contributed by atoms with Crippen molar-refractivity contribution < 1.29 is 13.3 Å². The third kappa shape index (κ3) is 5.16. The number of unbranched alkanes of at least 4 members (excludes halogenated alkanes) is 3.